The summed E-state index contributed by atoms with van der Waals surface area (Å²) >= 11 is 0. The van der Waals surface area contributed by atoms with Crippen LogP contribution in [-0.2, 0) is 5.41 Å². The molecular weight excluding hydrogens is 558 g/mol. The fourth-order valence-electron chi connectivity index (χ4n) is 7.22. The molecule has 220 valence electrons. The maximum atomic E-state index is 6.38. The molecule has 0 unspecified atom stereocenters. The van der Waals surface area contributed by atoms with E-state index in [1.54, 1.807) is 0 Å². The minimum absolute atomic E-state index is 0.0738. The number of rotatable bonds is 4. The van der Waals surface area contributed by atoms with Crippen molar-refractivity contribution in [1.29, 1.82) is 0 Å². The summed E-state index contributed by atoms with van der Waals surface area (Å²) in [5, 5.41) is 9.94. The lowest BCUT2D eigenvalue weighted by molar-refractivity contribution is 0.591. The molecule has 46 heavy (non-hydrogen) atoms. The molecule has 0 aliphatic heterocycles. The molecule has 0 radical (unpaired) electrons. The molecule has 8 aromatic carbocycles. The van der Waals surface area contributed by atoms with Crippen LogP contribution in [0, 0.1) is 0 Å². The average Bonchev–Trinajstić information content (AvgIpc) is 3.47. The Morgan fingerprint density at radius 2 is 1.11 bits per heavy atom. The van der Waals surface area contributed by atoms with E-state index in [1.807, 2.05) is 6.07 Å². The third-order valence-electron chi connectivity index (χ3n) is 9.54. The maximum absolute atomic E-state index is 6.38. The lowest BCUT2D eigenvalue weighted by Gasteiger charge is -2.29. The third-order valence-corrected chi connectivity index (χ3v) is 9.54. The molecule has 0 aliphatic rings. The highest BCUT2D eigenvalue weighted by molar-refractivity contribution is 6.26. The Balaban J connectivity index is 1.34. The second-order valence-corrected chi connectivity index (χ2v) is 13.4. The summed E-state index contributed by atoms with van der Waals surface area (Å²) in [4.78, 5) is 2.42. The van der Waals surface area contributed by atoms with Crippen molar-refractivity contribution >= 4 is 71.3 Å². The number of furan rings is 1. The van der Waals surface area contributed by atoms with Gasteiger partial charge in [-0.2, -0.15) is 0 Å². The van der Waals surface area contributed by atoms with Gasteiger partial charge in [0.15, 0.2) is 0 Å². The van der Waals surface area contributed by atoms with Crippen LogP contribution in [-0.4, -0.2) is 0 Å². The van der Waals surface area contributed by atoms with Gasteiger partial charge >= 0.3 is 0 Å². The quantitative estimate of drug-likeness (QED) is 0.189. The van der Waals surface area contributed by atoms with Crippen LogP contribution < -0.4 is 4.90 Å². The highest BCUT2D eigenvalue weighted by Crippen LogP contribution is 2.47. The lowest BCUT2D eigenvalue weighted by atomic mass is 9.83. The zero-order chi connectivity index (χ0) is 31.0. The van der Waals surface area contributed by atoms with Crippen LogP contribution in [0.15, 0.2) is 150 Å². The number of nitrogens with zero attached hydrogens (tertiary/aromatic N) is 1. The van der Waals surface area contributed by atoms with E-state index in [-0.39, 0.29) is 5.41 Å². The van der Waals surface area contributed by atoms with Crippen molar-refractivity contribution in [2.24, 2.45) is 0 Å². The van der Waals surface area contributed by atoms with Gasteiger partial charge in [0, 0.05) is 16.5 Å². The number of hydrogen-bond acceptors (Lipinski definition) is 2. The molecule has 2 nitrogen and oxygen atoms in total. The zero-order valence-corrected chi connectivity index (χ0v) is 26.2. The highest BCUT2D eigenvalue weighted by atomic mass is 16.3. The van der Waals surface area contributed by atoms with Gasteiger partial charge in [-0.05, 0) is 85.4 Å². The van der Waals surface area contributed by atoms with Crippen LogP contribution in [0.3, 0.4) is 0 Å². The van der Waals surface area contributed by atoms with E-state index in [1.165, 1.54) is 49.0 Å². The molecule has 0 bridgehead atoms. The minimum Gasteiger partial charge on any atom is -0.456 e. The van der Waals surface area contributed by atoms with Crippen LogP contribution >= 0.6 is 0 Å². The summed E-state index contributed by atoms with van der Waals surface area (Å²) in [5.41, 5.74) is 8.96. The molecular formula is C44H33NO. The first-order chi connectivity index (χ1) is 22.4. The average molecular weight is 592 g/mol. The Kier molecular flexibility index (Phi) is 5.79. The van der Waals surface area contributed by atoms with Crippen molar-refractivity contribution in [2.45, 2.75) is 26.2 Å². The van der Waals surface area contributed by atoms with E-state index < -0.39 is 0 Å². The largest absolute Gasteiger partial charge is 0.456 e. The van der Waals surface area contributed by atoms with Crippen LogP contribution in [0.25, 0.3) is 65.4 Å². The Hall–Kier alpha value is -5.60. The molecule has 1 aromatic heterocycles. The zero-order valence-electron chi connectivity index (χ0n) is 26.2. The van der Waals surface area contributed by atoms with Gasteiger partial charge in [0.1, 0.15) is 11.2 Å². The molecule has 2 heteroatoms. The van der Waals surface area contributed by atoms with E-state index in [9.17, 15) is 0 Å². The van der Waals surface area contributed by atoms with E-state index in [0.29, 0.717) is 0 Å². The molecule has 0 N–H and O–H groups in total. The molecule has 0 spiro atoms. The van der Waals surface area contributed by atoms with E-state index >= 15 is 0 Å². The van der Waals surface area contributed by atoms with Crippen LogP contribution in [0.4, 0.5) is 17.1 Å². The molecule has 0 aliphatic carbocycles. The maximum Gasteiger partial charge on any atom is 0.137 e. The van der Waals surface area contributed by atoms with Crippen molar-refractivity contribution in [3.63, 3.8) is 0 Å². The van der Waals surface area contributed by atoms with Gasteiger partial charge in [0.2, 0.25) is 0 Å². The number of benzene rings is 8. The molecule has 9 rings (SSSR count). The van der Waals surface area contributed by atoms with Gasteiger partial charge in [-0.3, -0.25) is 0 Å². The number of para-hydroxylation sites is 1. The molecule has 0 fully saturated rings. The van der Waals surface area contributed by atoms with Crippen molar-refractivity contribution < 1.29 is 4.42 Å². The molecule has 0 atom stereocenters. The monoisotopic (exact) mass is 591 g/mol. The molecule has 0 saturated heterocycles. The summed E-state index contributed by atoms with van der Waals surface area (Å²) in [6.07, 6.45) is 0. The van der Waals surface area contributed by atoms with Crippen LogP contribution in [0.2, 0.25) is 0 Å². The topological polar surface area (TPSA) is 16.4 Å². The predicted molar refractivity (Wildman–Crippen MR) is 196 cm³/mol. The van der Waals surface area contributed by atoms with Crippen molar-refractivity contribution in [3.8, 4) is 11.1 Å². The van der Waals surface area contributed by atoms with E-state index in [4.69, 9.17) is 4.42 Å². The van der Waals surface area contributed by atoms with Crippen molar-refractivity contribution in [1.82, 2.24) is 0 Å². The summed E-state index contributed by atoms with van der Waals surface area (Å²) in [6, 6.07) is 52.8. The second kappa shape index (κ2) is 9.95. The number of fused-ring (bicyclic) bond motifs is 3. The molecule has 0 amide bonds. The van der Waals surface area contributed by atoms with Crippen LogP contribution in [0.1, 0.15) is 26.3 Å². The predicted octanol–water partition coefficient (Wildman–Crippen LogP) is 12.9. The van der Waals surface area contributed by atoms with Gasteiger partial charge in [-0.25, -0.2) is 0 Å². The van der Waals surface area contributed by atoms with Crippen LogP contribution in [0.5, 0.6) is 0 Å². The fourth-order valence-corrected chi connectivity index (χ4v) is 7.22. The van der Waals surface area contributed by atoms with Crippen molar-refractivity contribution in [3.05, 3.63) is 151 Å². The first kappa shape index (κ1) is 26.8. The molecule has 1 heterocycles. The molecule has 9 aromatic rings. The highest BCUT2D eigenvalue weighted by Gasteiger charge is 2.23. The standard InChI is InChI=1S/C44H33NO/c1-44(2,3)33-26-31-17-16-30-21-25-37(35-24-20-32(27-33)41(31)42(30)35)45(34-22-18-29(19-23-34)28-10-5-4-6-11-28)38-13-9-15-40-43(38)36-12-7-8-14-39(36)46-40/h4-27H,1-3H3. The summed E-state index contributed by atoms with van der Waals surface area (Å²) in [5.74, 6) is 0. The van der Waals surface area contributed by atoms with E-state index in [2.05, 4.69) is 165 Å². The lowest BCUT2D eigenvalue weighted by Crippen LogP contribution is -2.12. The Morgan fingerprint density at radius 1 is 0.457 bits per heavy atom. The number of hydrogen-bond donors (Lipinski definition) is 0. The summed E-state index contributed by atoms with van der Waals surface area (Å²) in [6.45, 7) is 6.87. The Morgan fingerprint density at radius 3 is 1.89 bits per heavy atom. The first-order valence-electron chi connectivity index (χ1n) is 16.0. The number of anilines is 3. The van der Waals surface area contributed by atoms with Gasteiger partial charge in [-0.1, -0.05) is 130 Å². The normalized spacial score (nSPS) is 12.2. The second-order valence-electron chi connectivity index (χ2n) is 13.4. The smallest absolute Gasteiger partial charge is 0.137 e. The third kappa shape index (κ3) is 4.10. The Bertz CT molecular complexity index is 2530. The van der Waals surface area contributed by atoms with Gasteiger partial charge < -0.3 is 9.32 Å². The fraction of sp³-hybridized carbons (Fsp3) is 0.0909. The van der Waals surface area contributed by atoms with Crippen molar-refractivity contribution in [2.75, 3.05) is 4.90 Å². The summed E-state index contributed by atoms with van der Waals surface area (Å²) < 4.78 is 6.38. The van der Waals surface area contributed by atoms with E-state index in [0.717, 1.165) is 39.0 Å². The first-order valence-corrected chi connectivity index (χ1v) is 16.0. The summed E-state index contributed by atoms with van der Waals surface area (Å²) in [7, 11) is 0. The Labute approximate surface area is 268 Å². The minimum atomic E-state index is 0.0738. The molecule has 0 saturated carbocycles. The SMILES string of the molecule is CC(C)(C)c1cc2ccc3ccc(N(c4ccc(-c5ccccc5)cc4)c4cccc5oc6ccccc6c45)c4ccc(c1)c2c34. The van der Waals surface area contributed by atoms with Gasteiger partial charge in [0.25, 0.3) is 0 Å². The van der Waals surface area contributed by atoms with Gasteiger partial charge in [0.05, 0.1) is 16.8 Å². The van der Waals surface area contributed by atoms with Gasteiger partial charge in [-0.15, -0.1) is 0 Å².